The lowest BCUT2D eigenvalue weighted by Gasteiger charge is -2.08. The van der Waals surface area contributed by atoms with E-state index < -0.39 is 0 Å². The van der Waals surface area contributed by atoms with Crippen LogP contribution in [0, 0.1) is 6.92 Å². The van der Waals surface area contributed by atoms with Gasteiger partial charge in [0.25, 0.3) is 0 Å². The van der Waals surface area contributed by atoms with E-state index in [4.69, 9.17) is 0 Å². The van der Waals surface area contributed by atoms with Gasteiger partial charge >= 0.3 is 0 Å². The van der Waals surface area contributed by atoms with Crippen LogP contribution in [0.15, 0.2) is 47.4 Å². The van der Waals surface area contributed by atoms with Gasteiger partial charge in [-0.05, 0) is 47.2 Å². The third kappa shape index (κ3) is 2.14. The maximum Gasteiger partial charge on any atom is 0.190 e. The van der Waals surface area contributed by atoms with Crippen LogP contribution in [-0.2, 0) is 0 Å². The van der Waals surface area contributed by atoms with Crippen molar-refractivity contribution >= 4 is 12.6 Å². The lowest BCUT2D eigenvalue weighted by Crippen LogP contribution is -2.00. The molecule has 1 N–H and O–H groups in total. The molecule has 6 heteroatoms. The van der Waals surface area contributed by atoms with E-state index >= 15 is 0 Å². The fourth-order valence-electron chi connectivity index (χ4n) is 1.96. The summed E-state index contributed by atoms with van der Waals surface area (Å²) < 4.78 is 1.58. The highest BCUT2D eigenvalue weighted by Crippen LogP contribution is 2.32. The van der Waals surface area contributed by atoms with Crippen LogP contribution in [0.25, 0.3) is 17.1 Å². The van der Waals surface area contributed by atoms with Gasteiger partial charge in [-0.15, -0.1) is 17.7 Å². The number of thiol groups is 1. The average Bonchev–Trinajstić information content (AvgIpc) is 2.93. The summed E-state index contributed by atoms with van der Waals surface area (Å²) in [6, 6.07) is 12.9. The molecule has 0 atom stereocenters. The molecule has 5 nitrogen and oxygen atoms in total. The standard InChI is InChI=1S/C14H12N4OS/c1-9-7-12(19)11(8-13(9)20)14-15-16-17-18(14)10-5-3-2-4-6-10/h2-8,19-20H,1H3. The van der Waals surface area contributed by atoms with Gasteiger partial charge in [0, 0.05) is 4.90 Å². The minimum absolute atomic E-state index is 0.132. The van der Waals surface area contributed by atoms with Gasteiger partial charge in [0.1, 0.15) is 5.75 Å². The van der Waals surface area contributed by atoms with Crippen LogP contribution in [0.2, 0.25) is 0 Å². The molecule has 0 fully saturated rings. The first kappa shape index (κ1) is 12.7. The van der Waals surface area contributed by atoms with E-state index in [0.29, 0.717) is 11.4 Å². The molecule has 0 unspecified atom stereocenters. The first-order valence-electron chi connectivity index (χ1n) is 6.03. The van der Waals surface area contributed by atoms with Crippen molar-refractivity contribution in [2.45, 2.75) is 11.8 Å². The summed E-state index contributed by atoms with van der Waals surface area (Å²) in [6.07, 6.45) is 0. The SMILES string of the molecule is Cc1cc(O)c(-c2nnnn2-c2ccccc2)cc1S. The zero-order valence-corrected chi connectivity index (χ0v) is 11.6. The van der Waals surface area contributed by atoms with Crippen molar-refractivity contribution in [1.29, 1.82) is 0 Å². The molecule has 2 aromatic carbocycles. The minimum Gasteiger partial charge on any atom is -0.507 e. The summed E-state index contributed by atoms with van der Waals surface area (Å²) in [4.78, 5) is 0.778. The summed E-state index contributed by atoms with van der Waals surface area (Å²) in [5.41, 5.74) is 2.27. The molecule has 0 aliphatic heterocycles. The van der Waals surface area contributed by atoms with E-state index in [0.717, 1.165) is 16.1 Å². The highest BCUT2D eigenvalue weighted by Gasteiger charge is 2.15. The van der Waals surface area contributed by atoms with Crippen LogP contribution in [0.1, 0.15) is 5.56 Å². The van der Waals surface area contributed by atoms with Crippen molar-refractivity contribution < 1.29 is 5.11 Å². The van der Waals surface area contributed by atoms with Gasteiger partial charge in [0.15, 0.2) is 5.82 Å². The van der Waals surface area contributed by atoms with Crippen molar-refractivity contribution in [3.63, 3.8) is 0 Å². The van der Waals surface area contributed by atoms with Gasteiger partial charge in [0.2, 0.25) is 0 Å². The maximum absolute atomic E-state index is 10.1. The molecule has 0 radical (unpaired) electrons. The second kappa shape index (κ2) is 4.97. The summed E-state index contributed by atoms with van der Waals surface area (Å²) in [5.74, 6) is 0.608. The Bertz CT molecular complexity index is 755. The number of hydrogen-bond acceptors (Lipinski definition) is 5. The van der Waals surface area contributed by atoms with E-state index in [1.807, 2.05) is 37.3 Å². The van der Waals surface area contributed by atoms with Gasteiger partial charge < -0.3 is 5.11 Å². The Morgan fingerprint density at radius 2 is 1.90 bits per heavy atom. The number of aryl methyl sites for hydroxylation is 1. The third-order valence-corrected chi connectivity index (χ3v) is 3.51. The smallest absolute Gasteiger partial charge is 0.190 e. The summed E-state index contributed by atoms with van der Waals surface area (Å²) in [7, 11) is 0. The number of hydrogen-bond donors (Lipinski definition) is 2. The number of aromatic hydroxyl groups is 1. The first-order valence-corrected chi connectivity index (χ1v) is 6.48. The Hall–Kier alpha value is -2.34. The monoisotopic (exact) mass is 284 g/mol. The Kier molecular flexibility index (Phi) is 3.15. The van der Waals surface area contributed by atoms with Crippen LogP contribution in [0.3, 0.4) is 0 Å². The lowest BCUT2D eigenvalue weighted by atomic mass is 10.1. The normalized spacial score (nSPS) is 10.7. The molecule has 3 rings (SSSR count). The van der Waals surface area contributed by atoms with Crippen LogP contribution in [0.5, 0.6) is 5.75 Å². The molecule has 1 aromatic heterocycles. The first-order chi connectivity index (χ1) is 9.66. The molecular weight excluding hydrogens is 272 g/mol. The zero-order valence-electron chi connectivity index (χ0n) is 10.7. The lowest BCUT2D eigenvalue weighted by molar-refractivity contribution is 0.475. The summed E-state index contributed by atoms with van der Waals surface area (Å²) in [5, 5.41) is 21.8. The molecule has 0 bridgehead atoms. The zero-order chi connectivity index (χ0) is 14.1. The minimum atomic E-state index is 0.132. The number of nitrogens with zero attached hydrogens (tertiary/aromatic N) is 4. The fraction of sp³-hybridized carbons (Fsp3) is 0.0714. The number of para-hydroxylation sites is 1. The van der Waals surface area contributed by atoms with Gasteiger partial charge in [-0.3, -0.25) is 0 Å². The Morgan fingerprint density at radius 3 is 2.65 bits per heavy atom. The predicted octanol–water partition coefficient (Wildman–Crippen LogP) is 2.63. The second-order valence-electron chi connectivity index (χ2n) is 4.41. The largest absolute Gasteiger partial charge is 0.507 e. The van der Waals surface area contributed by atoms with E-state index in [1.165, 1.54) is 0 Å². The van der Waals surface area contributed by atoms with Gasteiger partial charge in [-0.2, -0.15) is 4.68 Å². The Balaban J connectivity index is 2.18. The summed E-state index contributed by atoms with van der Waals surface area (Å²) >= 11 is 4.38. The van der Waals surface area contributed by atoms with E-state index in [1.54, 1.807) is 16.8 Å². The van der Waals surface area contributed by atoms with Crippen molar-refractivity contribution in [2.24, 2.45) is 0 Å². The van der Waals surface area contributed by atoms with E-state index in [9.17, 15) is 5.11 Å². The van der Waals surface area contributed by atoms with E-state index in [-0.39, 0.29) is 5.75 Å². The predicted molar refractivity (Wildman–Crippen MR) is 78.2 cm³/mol. The van der Waals surface area contributed by atoms with Crippen LogP contribution < -0.4 is 0 Å². The van der Waals surface area contributed by atoms with Crippen LogP contribution in [0.4, 0.5) is 0 Å². The molecule has 1 heterocycles. The molecule has 20 heavy (non-hydrogen) atoms. The molecule has 0 aliphatic carbocycles. The van der Waals surface area contributed by atoms with E-state index in [2.05, 4.69) is 28.2 Å². The van der Waals surface area contributed by atoms with Crippen molar-refractivity contribution in [1.82, 2.24) is 20.2 Å². The molecule has 0 amide bonds. The van der Waals surface area contributed by atoms with Gasteiger partial charge in [-0.1, -0.05) is 18.2 Å². The number of phenols is 1. The quantitative estimate of drug-likeness (QED) is 0.710. The van der Waals surface area contributed by atoms with Gasteiger partial charge in [0.05, 0.1) is 11.3 Å². The molecule has 0 aliphatic rings. The van der Waals surface area contributed by atoms with Crippen molar-refractivity contribution in [3.05, 3.63) is 48.0 Å². The molecule has 100 valence electrons. The number of tetrazole rings is 1. The second-order valence-corrected chi connectivity index (χ2v) is 4.89. The molecule has 3 aromatic rings. The molecule has 0 saturated heterocycles. The number of rotatable bonds is 2. The van der Waals surface area contributed by atoms with Crippen molar-refractivity contribution in [2.75, 3.05) is 0 Å². The third-order valence-electron chi connectivity index (χ3n) is 3.03. The number of benzene rings is 2. The Labute approximate surface area is 121 Å². The Morgan fingerprint density at radius 1 is 1.15 bits per heavy atom. The molecule has 0 spiro atoms. The van der Waals surface area contributed by atoms with Crippen molar-refractivity contribution in [3.8, 4) is 22.8 Å². The molecular formula is C14H12N4OS. The number of phenolic OH excluding ortho intramolecular Hbond substituents is 1. The highest BCUT2D eigenvalue weighted by atomic mass is 32.1. The fourth-order valence-corrected chi connectivity index (χ4v) is 2.15. The maximum atomic E-state index is 10.1. The average molecular weight is 284 g/mol. The van der Waals surface area contributed by atoms with Gasteiger partial charge in [-0.25, -0.2) is 0 Å². The van der Waals surface area contributed by atoms with Crippen LogP contribution in [-0.4, -0.2) is 25.3 Å². The topological polar surface area (TPSA) is 63.8 Å². The number of aromatic nitrogens is 4. The highest BCUT2D eigenvalue weighted by molar-refractivity contribution is 7.80. The van der Waals surface area contributed by atoms with Crippen LogP contribution >= 0.6 is 12.6 Å². The summed E-state index contributed by atoms with van der Waals surface area (Å²) in [6.45, 7) is 1.88. The molecule has 0 saturated carbocycles.